The molecule has 0 amide bonds. The van der Waals surface area contributed by atoms with E-state index < -0.39 is 5.79 Å². The molecule has 1 aliphatic heterocycles. The molecular formula is C21H26O4S. The van der Waals surface area contributed by atoms with E-state index in [0.29, 0.717) is 18.1 Å². The van der Waals surface area contributed by atoms with Crippen molar-refractivity contribution in [3.8, 4) is 11.5 Å². The average molecular weight is 375 g/mol. The van der Waals surface area contributed by atoms with Crippen LogP contribution in [0.5, 0.6) is 11.5 Å². The fraction of sp³-hybridized carbons (Fsp3) is 0.429. The van der Waals surface area contributed by atoms with Crippen molar-refractivity contribution in [1.29, 1.82) is 0 Å². The number of benzene rings is 2. The number of ether oxygens (including phenoxy) is 3. The Kier molecular flexibility index (Phi) is 5.24. The molecule has 140 valence electrons. The summed E-state index contributed by atoms with van der Waals surface area (Å²) in [6, 6.07) is 13.6. The number of thiol groups is 1. The van der Waals surface area contributed by atoms with Gasteiger partial charge in [0.2, 0.25) is 0 Å². The van der Waals surface area contributed by atoms with Gasteiger partial charge in [0.1, 0.15) is 24.2 Å². The summed E-state index contributed by atoms with van der Waals surface area (Å²) < 4.78 is 17.1. The highest BCUT2D eigenvalue weighted by atomic mass is 32.1. The van der Waals surface area contributed by atoms with E-state index in [1.54, 1.807) is 6.07 Å². The maximum absolute atomic E-state index is 9.69. The number of phenolic OH excluding ortho intramolecular Hbond substituents is 1. The van der Waals surface area contributed by atoms with Gasteiger partial charge in [0.25, 0.3) is 0 Å². The molecule has 1 fully saturated rings. The average Bonchev–Trinajstić information content (AvgIpc) is 2.95. The minimum Gasteiger partial charge on any atom is -0.507 e. The minimum absolute atomic E-state index is 0.0491. The first kappa shape index (κ1) is 19.1. The Morgan fingerprint density at radius 1 is 1.15 bits per heavy atom. The zero-order chi connectivity index (χ0) is 18.9. The van der Waals surface area contributed by atoms with Crippen molar-refractivity contribution >= 4 is 12.6 Å². The molecule has 2 aromatic rings. The molecule has 5 heteroatoms. The Labute approximate surface area is 160 Å². The summed E-state index contributed by atoms with van der Waals surface area (Å²) in [5.41, 5.74) is 2.04. The predicted octanol–water partition coefficient (Wildman–Crippen LogP) is 4.54. The molecule has 0 saturated carbocycles. The van der Waals surface area contributed by atoms with E-state index in [9.17, 15) is 5.11 Å². The molecule has 2 aromatic carbocycles. The second-order valence-corrected chi connectivity index (χ2v) is 8.10. The van der Waals surface area contributed by atoms with Crippen molar-refractivity contribution in [1.82, 2.24) is 0 Å². The highest BCUT2D eigenvalue weighted by molar-refractivity contribution is 7.80. The van der Waals surface area contributed by atoms with Gasteiger partial charge in [-0.3, -0.25) is 0 Å². The zero-order valence-corrected chi connectivity index (χ0v) is 16.5. The van der Waals surface area contributed by atoms with Gasteiger partial charge in [-0.25, -0.2) is 0 Å². The summed E-state index contributed by atoms with van der Waals surface area (Å²) in [5, 5.41) is 9.69. The van der Waals surface area contributed by atoms with Crippen molar-refractivity contribution in [2.45, 2.75) is 49.9 Å². The lowest BCUT2D eigenvalue weighted by molar-refractivity contribution is -0.141. The Morgan fingerprint density at radius 3 is 2.38 bits per heavy atom. The first-order chi connectivity index (χ1) is 12.2. The fourth-order valence-electron chi connectivity index (χ4n) is 3.08. The third kappa shape index (κ3) is 4.17. The van der Waals surface area contributed by atoms with E-state index in [4.69, 9.17) is 14.2 Å². The molecule has 26 heavy (non-hydrogen) atoms. The molecule has 1 N–H and O–H groups in total. The van der Waals surface area contributed by atoms with Crippen molar-refractivity contribution in [3.05, 3.63) is 53.6 Å². The van der Waals surface area contributed by atoms with Crippen LogP contribution in [0.1, 0.15) is 38.8 Å². The van der Waals surface area contributed by atoms with E-state index in [0.717, 1.165) is 16.9 Å². The van der Waals surface area contributed by atoms with Crippen LogP contribution in [0, 0.1) is 0 Å². The second kappa shape index (κ2) is 7.14. The number of hydrogen-bond donors (Lipinski definition) is 2. The van der Waals surface area contributed by atoms with Crippen LogP contribution in [-0.4, -0.2) is 30.2 Å². The van der Waals surface area contributed by atoms with E-state index in [1.807, 2.05) is 38.1 Å². The molecule has 0 bridgehead atoms. The van der Waals surface area contributed by atoms with Crippen LogP contribution in [0.15, 0.2) is 47.4 Å². The van der Waals surface area contributed by atoms with Gasteiger partial charge in [-0.2, -0.15) is 0 Å². The van der Waals surface area contributed by atoms with Gasteiger partial charge in [0.05, 0.1) is 6.61 Å². The van der Waals surface area contributed by atoms with Gasteiger partial charge >= 0.3 is 0 Å². The number of rotatable bonds is 5. The third-order valence-electron chi connectivity index (χ3n) is 4.78. The van der Waals surface area contributed by atoms with Crippen LogP contribution in [0.25, 0.3) is 0 Å². The Hall–Kier alpha value is -1.69. The van der Waals surface area contributed by atoms with Crippen molar-refractivity contribution < 1.29 is 19.3 Å². The first-order valence-electron chi connectivity index (χ1n) is 8.75. The molecule has 1 aliphatic rings. The van der Waals surface area contributed by atoms with E-state index in [1.165, 1.54) is 0 Å². The molecular weight excluding hydrogens is 348 g/mol. The van der Waals surface area contributed by atoms with Gasteiger partial charge in [-0.15, -0.1) is 12.6 Å². The summed E-state index contributed by atoms with van der Waals surface area (Å²) in [6.45, 7) is 9.12. The monoisotopic (exact) mass is 374 g/mol. The molecule has 0 radical (unpaired) electrons. The number of hydrogen-bond acceptors (Lipinski definition) is 5. The standard InChI is InChI=1S/C21H26O4S/c1-20(2,15-7-10-18(22)19(26)11-15)14-5-8-16(9-6-14)23-12-17-13-24-21(3,4)25-17/h5-11,17,22,26H,12-13H2,1-4H3. The van der Waals surface area contributed by atoms with Crippen LogP contribution < -0.4 is 4.74 Å². The molecule has 1 heterocycles. The lowest BCUT2D eigenvalue weighted by Gasteiger charge is -2.27. The zero-order valence-electron chi connectivity index (χ0n) is 15.7. The smallest absolute Gasteiger partial charge is 0.163 e. The fourth-order valence-corrected chi connectivity index (χ4v) is 3.29. The molecule has 4 nitrogen and oxygen atoms in total. The summed E-state index contributed by atoms with van der Waals surface area (Å²) in [4.78, 5) is 0.581. The summed E-state index contributed by atoms with van der Waals surface area (Å²) in [7, 11) is 0. The highest BCUT2D eigenvalue weighted by Gasteiger charge is 2.33. The summed E-state index contributed by atoms with van der Waals surface area (Å²) in [5.74, 6) is 0.467. The van der Waals surface area contributed by atoms with E-state index in [-0.39, 0.29) is 17.3 Å². The molecule has 1 atom stereocenters. The first-order valence-corrected chi connectivity index (χ1v) is 9.20. The number of phenols is 1. The molecule has 1 unspecified atom stereocenters. The molecule has 0 aliphatic carbocycles. The topological polar surface area (TPSA) is 47.9 Å². The van der Waals surface area contributed by atoms with Crippen LogP contribution in [0.4, 0.5) is 0 Å². The SMILES string of the molecule is CC1(C)OCC(COc2ccc(C(C)(C)c3ccc(O)c(S)c3)cc2)O1. The van der Waals surface area contributed by atoms with Crippen molar-refractivity contribution in [3.63, 3.8) is 0 Å². The number of aromatic hydroxyl groups is 1. The molecule has 3 rings (SSSR count). The molecule has 0 spiro atoms. The second-order valence-electron chi connectivity index (χ2n) is 7.61. The van der Waals surface area contributed by atoms with Gasteiger partial charge in [-0.05, 0) is 49.2 Å². The summed E-state index contributed by atoms with van der Waals surface area (Å²) in [6.07, 6.45) is -0.0491. The van der Waals surface area contributed by atoms with Crippen LogP contribution in [0.3, 0.4) is 0 Å². The van der Waals surface area contributed by atoms with Crippen LogP contribution in [0.2, 0.25) is 0 Å². The van der Waals surface area contributed by atoms with Crippen molar-refractivity contribution in [2.24, 2.45) is 0 Å². The highest BCUT2D eigenvalue weighted by Crippen LogP contribution is 2.35. The van der Waals surface area contributed by atoms with E-state index >= 15 is 0 Å². The van der Waals surface area contributed by atoms with Crippen LogP contribution in [-0.2, 0) is 14.9 Å². The van der Waals surface area contributed by atoms with Crippen LogP contribution >= 0.6 is 12.6 Å². The molecule has 1 saturated heterocycles. The Bertz CT molecular complexity index is 768. The lowest BCUT2D eigenvalue weighted by atomic mass is 9.78. The van der Waals surface area contributed by atoms with E-state index in [2.05, 4.69) is 38.6 Å². The van der Waals surface area contributed by atoms with Gasteiger partial charge in [0.15, 0.2) is 5.79 Å². The van der Waals surface area contributed by atoms with Gasteiger partial charge in [0, 0.05) is 10.3 Å². The maximum atomic E-state index is 9.69. The summed E-state index contributed by atoms with van der Waals surface area (Å²) >= 11 is 4.32. The normalized spacial score (nSPS) is 19.5. The largest absolute Gasteiger partial charge is 0.507 e. The maximum Gasteiger partial charge on any atom is 0.163 e. The quantitative estimate of drug-likeness (QED) is 0.755. The minimum atomic E-state index is -0.530. The van der Waals surface area contributed by atoms with Crippen molar-refractivity contribution in [2.75, 3.05) is 13.2 Å². The van der Waals surface area contributed by atoms with Gasteiger partial charge in [-0.1, -0.05) is 32.0 Å². The predicted molar refractivity (Wildman–Crippen MR) is 104 cm³/mol. The van der Waals surface area contributed by atoms with Gasteiger partial charge < -0.3 is 19.3 Å². The molecule has 0 aromatic heterocycles. The third-order valence-corrected chi connectivity index (χ3v) is 5.13. The lowest BCUT2D eigenvalue weighted by Crippen LogP contribution is -2.25. The Morgan fingerprint density at radius 2 is 1.81 bits per heavy atom. The Balaban J connectivity index is 1.67.